The number of rotatable bonds is 7. The number of hydrogen-bond donors (Lipinski definition) is 1. The Hall–Kier alpha value is -1.10. The average Bonchev–Trinajstić information content (AvgIpc) is 2.48. The van der Waals surface area contributed by atoms with Crippen LogP contribution in [0.2, 0.25) is 0 Å². The molecule has 0 radical (unpaired) electrons. The lowest BCUT2D eigenvalue weighted by atomic mass is 10.1. The molecule has 1 aliphatic rings. The van der Waals surface area contributed by atoms with Crippen molar-refractivity contribution in [1.29, 1.82) is 0 Å². The number of nitrogens with two attached hydrogens (primary N) is 1. The third kappa shape index (κ3) is 4.47. The Morgan fingerprint density at radius 1 is 1.35 bits per heavy atom. The van der Waals surface area contributed by atoms with Crippen molar-refractivity contribution in [3.8, 4) is 5.75 Å². The summed E-state index contributed by atoms with van der Waals surface area (Å²) in [5.74, 6) is 0.911. The molecule has 1 heterocycles. The number of ether oxygens (including phenoxy) is 2. The van der Waals surface area contributed by atoms with E-state index < -0.39 is 0 Å². The predicted molar refractivity (Wildman–Crippen MR) is 80.9 cm³/mol. The van der Waals surface area contributed by atoms with Crippen LogP contribution in [0.4, 0.5) is 0 Å². The molecule has 1 aromatic rings. The maximum atomic E-state index is 5.86. The highest BCUT2D eigenvalue weighted by Crippen LogP contribution is 2.17. The molecule has 0 aliphatic carbocycles. The van der Waals surface area contributed by atoms with Gasteiger partial charge in [-0.05, 0) is 32.4 Å². The van der Waals surface area contributed by atoms with E-state index in [9.17, 15) is 0 Å². The average molecular weight is 278 g/mol. The number of likely N-dealkylation sites (tertiary alicyclic amines) is 1. The molecule has 4 heteroatoms. The molecule has 4 nitrogen and oxygen atoms in total. The lowest BCUT2D eigenvalue weighted by Gasteiger charge is -2.32. The van der Waals surface area contributed by atoms with Crippen LogP contribution in [0, 0.1) is 0 Å². The summed E-state index contributed by atoms with van der Waals surface area (Å²) in [6, 6.07) is 7.98. The highest BCUT2D eigenvalue weighted by atomic mass is 16.5. The first-order valence-electron chi connectivity index (χ1n) is 7.58. The van der Waals surface area contributed by atoms with Crippen LogP contribution in [0.5, 0.6) is 5.75 Å². The third-order valence-electron chi connectivity index (χ3n) is 3.72. The summed E-state index contributed by atoms with van der Waals surface area (Å²) in [6.07, 6.45) is 2.79. The largest absolute Gasteiger partial charge is 0.492 e. The smallest absolute Gasteiger partial charge is 0.123 e. The lowest BCUT2D eigenvalue weighted by molar-refractivity contribution is 0.00301. The maximum absolute atomic E-state index is 5.86. The Labute approximate surface area is 121 Å². The Balaban J connectivity index is 1.75. The van der Waals surface area contributed by atoms with Gasteiger partial charge in [0.05, 0.1) is 6.10 Å². The molecule has 0 amide bonds. The van der Waals surface area contributed by atoms with Crippen LogP contribution in [-0.4, -0.2) is 43.9 Å². The zero-order valence-electron chi connectivity index (χ0n) is 12.4. The highest BCUT2D eigenvalue weighted by Gasteiger charge is 2.19. The SMILES string of the molecule is CCOC1CCCN(CCOc2ccccc2CN)C1. The fourth-order valence-corrected chi connectivity index (χ4v) is 2.69. The molecule has 1 fully saturated rings. The van der Waals surface area contributed by atoms with Crippen LogP contribution in [0.1, 0.15) is 25.3 Å². The van der Waals surface area contributed by atoms with Gasteiger partial charge in [0.25, 0.3) is 0 Å². The summed E-state index contributed by atoms with van der Waals surface area (Å²) in [6.45, 7) is 7.20. The van der Waals surface area contributed by atoms with Gasteiger partial charge < -0.3 is 15.2 Å². The van der Waals surface area contributed by atoms with Gasteiger partial charge in [0, 0.05) is 31.8 Å². The predicted octanol–water partition coefficient (Wildman–Crippen LogP) is 2.02. The quantitative estimate of drug-likeness (QED) is 0.829. The lowest BCUT2D eigenvalue weighted by Crippen LogP contribution is -2.41. The molecule has 0 saturated carbocycles. The molecule has 1 atom stereocenters. The van der Waals surface area contributed by atoms with Crippen molar-refractivity contribution < 1.29 is 9.47 Å². The van der Waals surface area contributed by atoms with Gasteiger partial charge in [-0.3, -0.25) is 4.90 Å². The molecule has 2 N–H and O–H groups in total. The van der Waals surface area contributed by atoms with E-state index in [1.807, 2.05) is 24.3 Å². The maximum Gasteiger partial charge on any atom is 0.123 e. The molecule has 1 unspecified atom stereocenters. The molecule has 2 rings (SSSR count). The molecule has 1 saturated heterocycles. The van der Waals surface area contributed by atoms with Crippen LogP contribution in [0.15, 0.2) is 24.3 Å². The summed E-state index contributed by atoms with van der Waals surface area (Å²) in [5, 5.41) is 0. The van der Waals surface area contributed by atoms with Crippen molar-refractivity contribution in [2.24, 2.45) is 5.73 Å². The summed E-state index contributed by atoms with van der Waals surface area (Å²) < 4.78 is 11.6. The van der Waals surface area contributed by atoms with Crippen molar-refractivity contribution in [2.45, 2.75) is 32.4 Å². The van der Waals surface area contributed by atoms with Crippen LogP contribution >= 0.6 is 0 Å². The summed E-state index contributed by atoms with van der Waals surface area (Å²) in [4.78, 5) is 2.43. The van der Waals surface area contributed by atoms with Gasteiger partial charge in [-0.25, -0.2) is 0 Å². The Bertz CT molecular complexity index is 396. The minimum atomic E-state index is 0.394. The van der Waals surface area contributed by atoms with Crippen LogP contribution in [0.3, 0.4) is 0 Å². The van der Waals surface area contributed by atoms with E-state index in [0.717, 1.165) is 37.6 Å². The molecular formula is C16H26N2O2. The molecule has 0 bridgehead atoms. The highest BCUT2D eigenvalue weighted by molar-refractivity contribution is 5.32. The van der Waals surface area contributed by atoms with Gasteiger partial charge in [0.1, 0.15) is 12.4 Å². The van der Waals surface area contributed by atoms with E-state index in [-0.39, 0.29) is 0 Å². The molecule has 0 spiro atoms. The fraction of sp³-hybridized carbons (Fsp3) is 0.625. The Morgan fingerprint density at radius 2 is 2.20 bits per heavy atom. The summed E-state index contributed by atoms with van der Waals surface area (Å²) in [7, 11) is 0. The molecule has 0 aromatic heterocycles. The van der Waals surface area contributed by atoms with Gasteiger partial charge in [-0.1, -0.05) is 18.2 Å². The minimum absolute atomic E-state index is 0.394. The fourth-order valence-electron chi connectivity index (χ4n) is 2.69. The van der Waals surface area contributed by atoms with E-state index in [1.165, 1.54) is 12.8 Å². The van der Waals surface area contributed by atoms with Crippen LogP contribution in [-0.2, 0) is 11.3 Å². The second-order valence-electron chi connectivity index (χ2n) is 5.18. The zero-order chi connectivity index (χ0) is 14.2. The van der Waals surface area contributed by atoms with Gasteiger partial charge in [-0.15, -0.1) is 0 Å². The van der Waals surface area contributed by atoms with Crippen LogP contribution in [0.25, 0.3) is 0 Å². The first kappa shape index (κ1) is 15.3. The number of para-hydroxylation sites is 1. The Morgan fingerprint density at radius 3 is 3.00 bits per heavy atom. The van der Waals surface area contributed by atoms with Crippen molar-refractivity contribution in [3.05, 3.63) is 29.8 Å². The van der Waals surface area contributed by atoms with E-state index in [0.29, 0.717) is 19.3 Å². The first-order valence-corrected chi connectivity index (χ1v) is 7.58. The summed E-state index contributed by atoms with van der Waals surface area (Å²) >= 11 is 0. The zero-order valence-corrected chi connectivity index (χ0v) is 12.4. The monoisotopic (exact) mass is 278 g/mol. The van der Waals surface area contributed by atoms with Gasteiger partial charge in [-0.2, -0.15) is 0 Å². The minimum Gasteiger partial charge on any atom is -0.492 e. The van der Waals surface area contributed by atoms with Gasteiger partial charge >= 0.3 is 0 Å². The number of piperidine rings is 1. The van der Waals surface area contributed by atoms with E-state index in [2.05, 4.69) is 11.8 Å². The van der Waals surface area contributed by atoms with Crippen molar-refractivity contribution >= 4 is 0 Å². The van der Waals surface area contributed by atoms with Crippen molar-refractivity contribution in [3.63, 3.8) is 0 Å². The van der Waals surface area contributed by atoms with Crippen molar-refractivity contribution in [2.75, 3.05) is 32.8 Å². The van der Waals surface area contributed by atoms with Crippen molar-refractivity contribution in [1.82, 2.24) is 4.90 Å². The van der Waals surface area contributed by atoms with Gasteiger partial charge in [0.15, 0.2) is 0 Å². The third-order valence-corrected chi connectivity index (χ3v) is 3.72. The van der Waals surface area contributed by atoms with E-state index in [4.69, 9.17) is 15.2 Å². The number of benzene rings is 1. The first-order chi connectivity index (χ1) is 9.83. The molecule has 1 aliphatic heterocycles. The molecule has 112 valence electrons. The number of hydrogen-bond acceptors (Lipinski definition) is 4. The second-order valence-corrected chi connectivity index (χ2v) is 5.18. The molecule has 1 aromatic carbocycles. The Kier molecular flexibility index (Phi) is 6.30. The standard InChI is InChI=1S/C16H26N2O2/c1-2-19-15-7-5-9-18(13-15)10-11-20-16-8-4-3-6-14(16)12-17/h3-4,6,8,15H,2,5,7,9-13,17H2,1H3. The van der Waals surface area contributed by atoms with Crippen LogP contribution < -0.4 is 10.5 Å². The summed E-state index contributed by atoms with van der Waals surface area (Å²) in [5.41, 5.74) is 6.78. The normalized spacial score (nSPS) is 20.0. The molecular weight excluding hydrogens is 252 g/mol. The second kappa shape index (κ2) is 8.25. The topological polar surface area (TPSA) is 47.7 Å². The van der Waals surface area contributed by atoms with Gasteiger partial charge in [0.2, 0.25) is 0 Å². The number of nitrogens with zero attached hydrogens (tertiary/aromatic N) is 1. The van der Waals surface area contributed by atoms with E-state index >= 15 is 0 Å². The molecule has 20 heavy (non-hydrogen) atoms. The van der Waals surface area contributed by atoms with E-state index in [1.54, 1.807) is 0 Å².